The van der Waals surface area contributed by atoms with Crippen LogP contribution in [0, 0.1) is 13.8 Å². The minimum atomic E-state index is -0.585. The Balaban J connectivity index is 2.15. The molecule has 2 aromatic carbocycles. The van der Waals surface area contributed by atoms with Gasteiger partial charge in [0.25, 0.3) is 5.91 Å². The lowest BCUT2D eigenvalue weighted by molar-refractivity contribution is -0.142. The third-order valence-electron chi connectivity index (χ3n) is 4.47. The molecule has 1 atom stereocenters. The van der Waals surface area contributed by atoms with Gasteiger partial charge < -0.3 is 15.0 Å². The summed E-state index contributed by atoms with van der Waals surface area (Å²) in [5.74, 6) is 0.248. The zero-order chi connectivity index (χ0) is 19.8. The third-order valence-corrected chi connectivity index (χ3v) is 4.47. The van der Waals surface area contributed by atoms with Gasteiger partial charge in [0.05, 0.1) is 0 Å². The first-order valence-electron chi connectivity index (χ1n) is 9.23. The molecule has 2 aromatic rings. The topological polar surface area (TPSA) is 58.6 Å². The first-order chi connectivity index (χ1) is 12.9. The average molecular weight is 368 g/mol. The lowest BCUT2D eigenvalue weighted by atomic mass is 10.1. The summed E-state index contributed by atoms with van der Waals surface area (Å²) < 4.78 is 5.66. The van der Waals surface area contributed by atoms with Gasteiger partial charge in [-0.15, -0.1) is 0 Å². The standard InChI is InChI=1S/C22H28N2O3/c1-5-23-22(26)18(4)24(14-19-11-7-6-10-17(19)3)21(25)15-27-20-12-8-9-16(2)13-20/h6-13,18H,5,14-15H2,1-4H3,(H,23,26)/t18-/m1/s1. The number of hydrogen-bond acceptors (Lipinski definition) is 3. The van der Waals surface area contributed by atoms with E-state index in [1.165, 1.54) is 0 Å². The van der Waals surface area contributed by atoms with Crippen molar-refractivity contribution in [2.45, 2.75) is 40.3 Å². The molecule has 144 valence electrons. The van der Waals surface area contributed by atoms with E-state index >= 15 is 0 Å². The van der Waals surface area contributed by atoms with Crippen LogP contribution in [0.15, 0.2) is 48.5 Å². The highest BCUT2D eigenvalue weighted by atomic mass is 16.5. The maximum absolute atomic E-state index is 12.9. The van der Waals surface area contributed by atoms with E-state index in [9.17, 15) is 9.59 Å². The summed E-state index contributed by atoms with van der Waals surface area (Å²) in [4.78, 5) is 26.8. The lowest BCUT2D eigenvalue weighted by Gasteiger charge is -2.29. The normalized spacial score (nSPS) is 11.6. The van der Waals surface area contributed by atoms with Crippen molar-refractivity contribution in [3.63, 3.8) is 0 Å². The average Bonchev–Trinajstić information content (AvgIpc) is 2.65. The molecule has 5 nitrogen and oxygen atoms in total. The van der Waals surface area contributed by atoms with Gasteiger partial charge in [-0.2, -0.15) is 0 Å². The highest BCUT2D eigenvalue weighted by Gasteiger charge is 2.26. The number of carbonyl (C=O) groups is 2. The molecule has 0 aliphatic rings. The van der Waals surface area contributed by atoms with Crippen LogP contribution in [0.2, 0.25) is 0 Å². The van der Waals surface area contributed by atoms with Gasteiger partial charge in [-0.1, -0.05) is 36.4 Å². The molecule has 0 fully saturated rings. The second-order valence-electron chi connectivity index (χ2n) is 6.62. The quantitative estimate of drug-likeness (QED) is 0.778. The molecule has 0 bridgehead atoms. The van der Waals surface area contributed by atoms with Crippen molar-refractivity contribution in [3.05, 3.63) is 65.2 Å². The number of ether oxygens (including phenoxy) is 1. The van der Waals surface area contributed by atoms with Crippen LogP contribution < -0.4 is 10.1 Å². The van der Waals surface area contributed by atoms with E-state index in [1.54, 1.807) is 11.8 Å². The van der Waals surface area contributed by atoms with Crippen LogP contribution in [0.1, 0.15) is 30.5 Å². The maximum Gasteiger partial charge on any atom is 0.261 e. The number of hydrogen-bond donors (Lipinski definition) is 1. The summed E-state index contributed by atoms with van der Waals surface area (Å²) >= 11 is 0. The zero-order valence-electron chi connectivity index (χ0n) is 16.5. The number of nitrogens with zero attached hydrogens (tertiary/aromatic N) is 1. The molecular weight excluding hydrogens is 340 g/mol. The first kappa shape index (κ1) is 20.5. The fourth-order valence-electron chi connectivity index (χ4n) is 2.81. The first-order valence-corrected chi connectivity index (χ1v) is 9.23. The number of nitrogens with one attached hydrogen (secondary N) is 1. The Kier molecular flexibility index (Phi) is 7.41. The predicted molar refractivity (Wildman–Crippen MR) is 107 cm³/mol. The minimum Gasteiger partial charge on any atom is -0.484 e. The summed E-state index contributed by atoms with van der Waals surface area (Å²) in [6.45, 7) is 8.34. The summed E-state index contributed by atoms with van der Waals surface area (Å²) in [6, 6.07) is 14.8. The molecule has 0 aliphatic carbocycles. The van der Waals surface area contributed by atoms with E-state index in [4.69, 9.17) is 4.74 Å². The fourth-order valence-corrected chi connectivity index (χ4v) is 2.81. The Bertz CT molecular complexity index is 789. The number of benzene rings is 2. The predicted octanol–water partition coefficient (Wildman–Crippen LogP) is 3.24. The van der Waals surface area contributed by atoms with Crippen LogP contribution in [-0.4, -0.2) is 35.9 Å². The van der Waals surface area contributed by atoms with Crippen LogP contribution in [0.4, 0.5) is 0 Å². The Morgan fingerprint density at radius 1 is 1.11 bits per heavy atom. The second kappa shape index (κ2) is 9.76. The van der Waals surface area contributed by atoms with Crippen molar-refractivity contribution in [3.8, 4) is 5.75 Å². The van der Waals surface area contributed by atoms with Crippen LogP contribution in [-0.2, 0) is 16.1 Å². The third kappa shape index (κ3) is 5.84. The summed E-state index contributed by atoms with van der Waals surface area (Å²) in [6.07, 6.45) is 0. The number of rotatable bonds is 8. The Labute approximate surface area is 161 Å². The SMILES string of the molecule is CCNC(=O)[C@@H](C)N(Cc1ccccc1C)C(=O)COc1cccc(C)c1. The monoisotopic (exact) mass is 368 g/mol. The smallest absolute Gasteiger partial charge is 0.261 e. The molecule has 0 heterocycles. The fraction of sp³-hybridized carbons (Fsp3) is 0.364. The number of likely N-dealkylation sites (N-methyl/N-ethyl adjacent to an activating group) is 1. The maximum atomic E-state index is 12.9. The Hall–Kier alpha value is -2.82. The second-order valence-corrected chi connectivity index (χ2v) is 6.62. The van der Waals surface area contributed by atoms with E-state index < -0.39 is 6.04 Å². The molecule has 2 rings (SSSR count). The molecule has 2 amide bonds. The van der Waals surface area contributed by atoms with E-state index in [-0.39, 0.29) is 18.4 Å². The largest absolute Gasteiger partial charge is 0.484 e. The molecule has 0 saturated carbocycles. The van der Waals surface area contributed by atoms with Gasteiger partial charge in [-0.25, -0.2) is 0 Å². The van der Waals surface area contributed by atoms with Gasteiger partial charge in [0.2, 0.25) is 5.91 Å². The molecule has 0 unspecified atom stereocenters. The van der Waals surface area contributed by atoms with E-state index in [2.05, 4.69) is 5.32 Å². The molecule has 0 aromatic heterocycles. The Morgan fingerprint density at radius 2 is 1.85 bits per heavy atom. The van der Waals surface area contributed by atoms with Crippen LogP contribution in [0.5, 0.6) is 5.75 Å². The van der Waals surface area contributed by atoms with Crippen LogP contribution in [0.25, 0.3) is 0 Å². The van der Waals surface area contributed by atoms with Gasteiger partial charge in [-0.05, 0) is 56.5 Å². The molecule has 0 spiro atoms. The van der Waals surface area contributed by atoms with E-state index in [0.717, 1.165) is 16.7 Å². The zero-order valence-corrected chi connectivity index (χ0v) is 16.5. The van der Waals surface area contributed by atoms with Crippen molar-refractivity contribution >= 4 is 11.8 Å². The molecule has 0 aliphatic heterocycles. The highest BCUT2D eigenvalue weighted by molar-refractivity contribution is 5.87. The van der Waals surface area contributed by atoms with Crippen LogP contribution in [0.3, 0.4) is 0 Å². The highest BCUT2D eigenvalue weighted by Crippen LogP contribution is 2.16. The number of amides is 2. The van der Waals surface area contributed by atoms with Gasteiger partial charge >= 0.3 is 0 Å². The van der Waals surface area contributed by atoms with Gasteiger partial charge in [-0.3, -0.25) is 9.59 Å². The Morgan fingerprint density at radius 3 is 2.52 bits per heavy atom. The summed E-state index contributed by atoms with van der Waals surface area (Å²) in [5, 5.41) is 2.79. The molecule has 5 heteroatoms. The van der Waals surface area contributed by atoms with Crippen molar-refractivity contribution in [2.75, 3.05) is 13.2 Å². The van der Waals surface area contributed by atoms with E-state index in [0.29, 0.717) is 18.8 Å². The van der Waals surface area contributed by atoms with E-state index in [1.807, 2.05) is 69.3 Å². The van der Waals surface area contributed by atoms with Gasteiger partial charge in [0.1, 0.15) is 11.8 Å². The lowest BCUT2D eigenvalue weighted by Crippen LogP contribution is -2.49. The minimum absolute atomic E-state index is 0.112. The summed E-state index contributed by atoms with van der Waals surface area (Å²) in [5.41, 5.74) is 3.16. The molecule has 1 N–H and O–H groups in total. The number of carbonyl (C=O) groups excluding carboxylic acids is 2. The van der Waals surface area contributed by atoms with Gasteiger partial charge in [0.15, 0.2) is 6.61 Å². The van der Waals surface area contributed by atoms with Gasteiger partial charge in [0, 0.05) is 13.1 Å². The molecule has 27 heavy (non-hydrogen) atoms. The van der Waals surface area contributed by atoms with Crippen molar-refractivity contribution in [1.82, 2.24) is 10.2 Å². The van der Waals surface area contributed by atoms with Crippen molar-refractivity contribution < 1.29 is 14.3 Å². The molecular formula is C22H28N2O3. The van der Waals surface area contributed by atoms with Crippen molar-refractivity contribution in [1.29, 1.82) is 0 Å². The van der Waals surface area contributed by atoms with Crippen LogP contribution >= 0.6 is 0 Å². The number of aryl methyl sites for hydroxylation is 2. The molecule has 0 radical (unpaired) electrons. The van der Waals surface area contributed by atoms with Crippen molar-refractivity contribution in [2.24, 2.45) is 0 Å². The molecule has 0 saturated heterocycles. The summed E-state index contributed by atoms with van der Waals surface area (Å²) in [7, 11) is 0.